The second-order valence-electron chi connectivity index (χ2n) is 4.46. The maximum atomic E-state index is 11.7. The molecule has 2 aliphatic carbocycles. The lowest BCUT2D eigenvalue weighted by molar-refractivity contribution is -0.125. The highest BCUT2D eigenvalue weighted by molar-refractivity contribution is 5.80. The van der Waals surface area contributed by atoms with E-state index in [-0.39, 0.29) is 17.4 Å². The fourth-order valence-corrected chi connectivity index (χ4v) is 2.08. The fourth-order valence-electron chi connectivity index (χ4n) is 2.08. The van der Waals surface area contributed by atoms with Gasteiger partial charge in [-0.15, -0.1) is 0 Å². The van der Waals surface area contributed by atoms with Crippen LogP contribution < -0.4 is 11.1 Å². The molecule has 2 aliphatic rings. The minimum Gasteiger partial charge on any atom is -0.349 e. The summed E-state index contributed by atoms with van der Waals surface area (Å²) in [5.74, 6) is 0.532. The molecule has 0 bridgehead atoms. The first-order valence-electron chi connectivity index (χ1n) is 5.28. The molecule has 2 rings (SSSR count). The van der Waals surface area contributed by atoms with Crippen molar-refractivity contribution in [2.24, 2.45) is 11.7 Å². The van der Waals surface area contributed by atoms with Crippen LogP contribution >= 0.6 is 0 Å². The zero-order chi connectivity index (χ0) is 9.31. The van der Waals surface area contributed by atoms with Gasteiger partial charge in [0.1, 0.15) is 0 Å². The molecule has 0 aromatic rings. The molecule has 2 fully saturated rings. The Morgan fingerprint density at radius 3 is 2.46 bits per heavy atom. The quantitative estimate of drug-likeness (QED) is 0.678. The van der Waals surface area contributed by atoms with Gasteiger partial charge in [-0.25, -0.2) is 0 Å². The molecule has 0 aromatic heterocycles. The first-order chi connectivity index (χ1) is 6.26. The van der Waals surface area contributed by atoms with Crippen LogP contribution in [-0.2, 0) is 4.79 Å². The number of hydrogen-bond donors (Lipinski definition) is 2. The van der Waals surface area contributed by atoms with Crippen molar-refractivity contribution in [2.75, 3.05) is 6.54 Å². The third-order valence-electron chi connectivity index (χ3n) is 3.36. The summed E-state index contributed by atoms with van der Waals surface area (Å²) in [6.07, 6.45) is 6.73. The molecule has 13 heavy (non-hydrogen) atoms. The van der Waals surface area contributed by atoms with Gasteiger partial charge in [0, 0.05) is 12.5 Å². The molecule has 2 saturated carbocycles. The summed E-state index contributed by atoms with van der Waals surface area (Å²) in [5.41, 5.74) is 5.60. The number of hydrogen-bond acceptors (Lipinski definition) is 2. The van der Waals surface area contributed by atoms with Crippen LogP contribution in [0.4, 0.5) is 0 Å². The summed E-state index contributed by atoms with van der Waals surface area (Å²) in [6.45, 7) is 0.603. The van der Waals surface area contributed by atoms with Gasteiger partial charge in [0.05, 0.1) is 5.54 Å². The molecular formula is C10H18N2O. The minimum absolute atomic E-state index is 0.000324. The Morgan fingerprint density at radius 1 is 1.38 bits per heavy atom. The van der Waals surface area contributed by atoms with Crippen molar-refractivity contribution in [1.29, 1.82) is 0 Å². The summed E-state index contributed by atoms with van der Waals surface area (Å²) in [6, 6.07) is 0. The largest absolute Gasteiger partial charge is 0.349 e. The van der Waals surface area contributed by atoms with Gasteiger partial charge in [0.25, 0.3) is 0 Å². The molecule has 1 amide bonds. The highest BCUT2D eigenvalue weighted by Gasteiger charge is 2.43. The minimum atomic E-state index is -0.000324. The van der Waals surface area contributed by atoms with E-state index in [1.807, 2.05) is 0 Å². The molecule has 0 spiro atoms. The van der Waals surface area contributed by atoms with Gasteiger partial charge in [-0.3, -0.25) is 4.79 Å². The molecule has 3 nitrogen and oxygen atoms in total. The van der Waals surface area contributed by atoms with E-state index in [0.717, 1.165) is 25.7 Å². The monoisotopic (exact) mass is 182 g/mol. The van der Waals surface area contributed by atoms with E-state index in [2.05, 4.69) is 5.32 Å². The number of rotatable bonds is 3. The topological polar surface area (TPSA) is 55.1 Å². The first-order valence-corrected chi connectivity index (χ1v) is 5.28. The normalized spacial score (nSPS) is 25.9. The van der Waals surface area contributed by atoms with Crippen LogP contribution in [0.3, 0.4) is 0 Å². The number of amides is 1. The molecule has 3 N–H and O–H groups in total. The van der Waals surface area contributed by atoms with Crippen LogP contribution in [0, 0.1) is 5.92 Å². The van der Waals surface area contributed by atoms with E-state index in [1.165, 1.54) is 12.8 Å². The molecule has 0 saturated heterocycles. The molecule has 0 atom stereocenters. The molecular weight excluding hydrogens is 164 g/mol. The van der Waals surface area contributed by atoms with Crippen molar-refractivity contribution in [1.82, 2.24) is 5.32 Å². The van der Waals surface area contributed by atoms with Gasteiger partial charge in [0.15, 0.2) is 0 Å². The van der Waals surface area contributed by atoms with Crippen molar-refractivity contribution < 1.29 is 4.79 Å². The van der Waals surface area contributed by atoms with Crippen molar-refractivity contribution >= 4 is 5.91 Å². The lowest BCUT2D eigenvalue weighted by atomic mass is 10.1. The lowest BCUT2D eigenvalue weighted by Crippen LogP contribution is -2.44. The zero-order valence-corrected chi connectivity index (χ0v) is 8.01. The van der Waals surface area contributed by atoms with E-state index < -0.39 is 0 Å². The lowest BCUT2D eigenvalue weighted by Gasteiger charge is -2.17. The van der Waals surface area contributed by atoms with Gasteiger partial charge < -0.3 is 11.1 Å². The van der Waals surface area contributed by atoms with Crippen LogP contribution in [0.1, 0.15) is 38.5 Å². The second-order valence-corrected chi connectivity index (χ2v) is 4.46. The SMILES string of the molecule is NCC1(NC(=O)C2CCCC2)CC1. The average Bonchev–Trinajstić information content (AvgIpc) is 2.69. The number of carbonyl (C=O) groups excluding carboxylic acids is 1. The maximum Gasteiger partial charge on any atom is 0.223 e. The second kappa shape index (κ2) is 3.29. The number of nitrogens with one attached hydrogen (secondary N) is 1. The third-order valence-corrected chi connectivity index (χ3v) is 3.36. The van der Waals surface area contributed by atoms with Gasteiger partial charge in [-0.2, -0.15) is 0 Å². The first kappa shape index (κ1) is 9.00. The fraction of sp³-hybridized carbons (Fsp3) is 0.900. The molecule has 0 radical (unpaired) electrons. The van der Waals surface area contributed by atoms with Crippen molar-refractivity contribution in [3.05, 3.63) is 0 Å². The molecule has 74 valence electrons. The predicted octanol–water partition coefficient (Wildman–Crippen LogP) is 0.784. The van der Waals surface area contributed by atoms with Crippen LogP contribution in [-0.4, -0.2) is 18.0 Å². The summed E-state index contributed by atoms with van der Waals surface area (Å²) < 4.78 is 0. The van der Waals surface area contributed by atoms with Gasteiger partial charge >= 0.3 is 0 Å². The van der Waals surface area contributed by atoms with E-state index in [1.54, 1.807) is 0 Å². The summed E-state index contributed by atoms with van der Waals surface area (Å²) in [7, 11) is 0. The molecule has 0 aliphatic heterocycles. The van der Waals surface area contributed by atoms with Crippen LogP contribution in [0.15, 0.2) is 0 Å². The maximum absolute atomic E-state index is 11.7. The van der Waals surface area contributed by atoms with Gasteiger partial charge in [0.2, 0.25) is 5.91 Å². The van der Waals surface area contributed by atoms with Gasteiger partial charge in [-0.05, 0) is 25.7 Å². The van der Waals surface area contributed by atoms with Crippen LogP contribution in [0.25, 0.3) is 0 Å². The smallest absolute Gasteiger partial charge is 0.223 e. The Bertz CT molecular complexity index is 205. The summed E-state index contributed by atoms with van der Waals surface area (Å²) >= 11 is 0. The Kier molecular flexibility index (Phi) is 2.28. The number of nitrogens with two attached hydrogens (primary N) is 1. The highest BCUT2D eigenvalue weighted by Crippen LogP contribution is 2.35. The van der Waals surface area contributed by atoms with E-state index >= 15 is 0 Å². The third kappa shape index (κ3) is 1.85. The Hall–Kier alpha value is -0.570. The summed E-state index contributed by atoms with van der Waals surface area (Å²) in [4.78, 5) is 11.7. The van der Waals surface area contributed by atoms with Crippen molar-refractivity contribution in [3.8, 4) is 0 Å². The summed E-state index contributed by atoms with van der Waals surface area (Å²) in [5, 5.41) is 3.10. The Morgan fingerprint density at radius 2 is 2.00 bits per heavy atom. The van der Waals surface area contributed by atoms with E-state index in [4.69, 9.17) is 5.73 Å². The van der Waals surface area contributed by atoms with E-state index in [0.29, 0.717) is 6.54 Å². The van der Waals surface area contributed by atoms with E-state index in [9.17, 15) is 4.79 Å². The molecule has 0 aromatic carbocycles. The highest BCUT2D eigenvalue weighted by atomic mass is 16.2. The predicted molar refractivity (Wildman–Crippen MR) is 51.1 cm³/mol. The molecule has 0 heterocycles. The molecule has 0 unspecified atom stereocenters. The van der Waals surface area contributed by atoms with Gasteiger partial charge in [-0.1, -0.05) is 12.8 Å². The van der Waals surface area contributed by atoms with Crippen LogP contribution in [0.2, 0.25) is 0 Å². The Labute approximate surface area is 79.1 Å². The van der Waals surface area contributed by atoms with Crippen molar-refractivity contribution in [2.45, 2.75) is 44.1 Å². The Balaban J connectivity index is 1.84. The van der Waals surface area contributed by atoms with Crippen LogP contribution in [0.5, 0.6) is 0 Å². The standard InChI is InChI=1S/C10H18N2O/c11-7-10(5-6-10)12-9(13)8-3-1-2-4-8/h8H,1-7,11H2,(H,12,13). The zero-order valence-electron chi connectivity index (χ0n) is 8.01. The molecule has 3 heteroatoms. The average molecular weight is 182 g/mol. The van der Waals surface area contributed by atoms with Crippen molar-refractivity contribution in [3.63, 3.8) is 0 Å². The number of carbonyl (C=O) groups is 1.